The minimum absolute atomic E-state index is 0.122. The summed E-state index contributed by atoms with van der Waals surface area (Å²) in [5, 5.41) is 0. The molecule has 0 unspecified atom stereocenters. The number of halogens is 3. The summed E-state index contributed by atoms with van der Waals surface area (Å²) in [6, 6.07) is 2.07. The van der Waals surface area contributed by atoms with Crippen LogP contribution in [0, 0.1) is 11.6 Å². The Balaban J connectivity index is 2.85. The summed E-state index contributed by atoms with van der Waals surface area (Å²) in [6.45, 7) is 5.40. The van der Waals surface area contributed by atoms with E-state index in [4.69, 9.17) is 4.74 Å². The Kier molecular flexibility index (Phi) is 4.27. The fourth-order valence-corrected chi connectivity index (χ4v) is 1.50. The lowest BCUT2D eigenvalue weighted by atomic mass is 10.2. The fourth-order valence-electron chi connectivity index (χ4n) is 1.09. The molecule has 1 nitrogen and oxygen atoms in total. The van der Waals surface area contributed by atoms with E-state index < -0.39 is 11.6 Å². The monoisotopic (exact) mass is 276 g/mol. The summed E-state index contributed by atoms with van der Waals surface area (Å²) in [5.74, 6) is -1.52. The lowest BCUT2D eigenvalue weighted by Crippen LogP contribution is -2.10. The van der Waals surface area contributed by atoms with Gasteiger partial charge in [-0.1, -0.05) is 6.08 Å². The van der Waals surface area contributed by atoms with Gasteiger partial charge in [0.15, 0.2) is 11.6 Å². The molecule has 0 spiro atoms. The first-order valence-electron chi connectivity index (χ1n) is 4.46. The third-order valence-corrected chi connectivity index (χ3v) is 2.42. The van der Waals surface area contributed by atoms with Crippen molar-refractivity contribution in [1.82, 2.24) is 0 Å². The van der Waals surface area contributed by atoms with E-state index >= 15 is 0 Å². The predicted octanol–water partition coefficient (Wildman–Crippen LogP) is 4.07. The van der Waals surface area contributed by atoms with Crippen LogP contribution in [0.25, 0.3) is 0 Å². The van der Waals surface area contributed by atoms with Gasteiger partial charge in [-0.25, -0.2) is 8.78 Å². The average Bonchev–Trinajstić information content (AvgIpc) is 2.14. The Bertz CT molecular complexity index is 366. The maximum atomic E-state index is 12.9. The molecule has 4 heteroatoms. The van der Waals surface area contributed by atoms with Gasteiger partial charge in [-0.15, -0.1) is 6.58 Å². The highest BCUT2D eigenvalue weighted by molar-refractivity contribution is 9.10. The van der Waals surface area contributed by atoms with Crippen LogP contribution in [0.15, 0.2) is 29.3 Å². The lowest BCUT2D eigenvalue weighted by Gasteiger charge is -2.14. The van der Waals surface area contributed by atoms with Crippen molar-refractivity contribution in [1.29, 1.82) is 0 Å². The van der Waals surface area contributed by atoms with Gasteiger partial charge in [0.25, 0.3) is 0 Å². The third-order valence-electron chi connectivity index (χ3n) is 1.80. The van der Waals surface area contributed by atoms with Crippen molar-refractivity contribution < 1.29 is 13.5 Å². The number of rotatable bonds is 4. The quantitative estimate of drug-likeness (QED) is 0.595. The molecule has 0 saturated carbocycles. The van der Waals surface area contributed by atoms with Crippen molar-refractivity contribution in [3.05, 3.63) is 40.9 Å². The summed E-state index contributed by atoms with van der Waals surface area (Å²) in [6.07, 6.45) is 2.23. The van der Waals surface area contributed by atoms with Crippen LogP contribution in [0.3, 0.4) is 0 Å². The van der Waals surface area contributed by atoms with Crippen LogP contribution >= 0.6 is 15.9 Å². The van der Waals surface area contributed by atoms with E-state index in [1.807, 2.05) is 6.92 Å². The molecule has 1 aromatic rings. The number of hydrogen-bond donors (Lipinski definition) is 0. The molecule has 1 rings (SSSR count). The Labute approximate surface area is 95.9 Å². The van der Waals surface area contributed by atoms with Gasteiger partial charge in [0.1, 0.15) is 5.75 Å². The third kappa shape index (κ3) is 3.30. The summed E-state index contributed by atoms with van der Waals surface area (Å²) < 4.78 is 31.5. The van der Waals surface area contributed by atoms with Gasteiger partial charge in [0.05, 0.1) is 10.6 Å². The van der Waals surface area contributed by atoms with E-state index in [0.717, 1.165) is 12.1 Å². The van der Waals surface area contributed by atoms with E-state index in [2.05, 4.69) is 22.5 Å². The van der Waals surface area contributed by atoms with Crippen LogP contribution in [-0.2, 0) is 0 Å². The molecule has 82 valence electrons. The maximum Gasteiger partial charge on any atom is 0.162 e. The fraction of sp³-hybridized carbons (Fsp3) is 0.273. The molecule has 1 aromatic carbocycles. The second kappa shape index (κ2) is 5.26. The van der Waals surface area contributed by atoms with Gasteiger partial charge in [-0.05, 0) is 28.9 Å². The molecular weight excluding hydrogens is 266 g/mol. The molecule has 0 aliphatic rings. The average molecular weight is 277 g/mol. The van der Waals surface area contributed by atoms with Gasteiger partial charge in [-0.2, -0.15) is 0 Å². The van der Waals surface area contributed by atoms with Crippen molar-refractivity contribution in [2.75, 3.05) is 0 Å². The molecule has 0 aliphatic carbocycles. The van der Waals surface area contributed by atoms with Crippen LogP contribution in [0.4, 0.5) is 8.78 Å². The van der Waals surface area contributed by atoms with E-state index in [1.54, 1.807) is 6.08 Å². The molecule has 0 bridgehead atoms. The zero-order valence-electron chi connectivity index (χ0n) is 8.27. The first-order chi connectivity index (χ1) is 7.04. The zero-order valence-corrected chi connectivity index (χ0v) is 9.85. The molecule has 0 saturated heterocycles. The van der Waals surface area contributed by atoms with Gasteiger partial charge in [-0.3, -0.25) is 0 Å². The normalized spacial score (nSPS) is 12.3. The van der Waals surface area contributed by atoms with Crippen molar-refractivity contribution >= 4 is 15.9 Å². The van der Waals surface area contributed by atoms with Crippen molar-refractivity contribution in [3.8, 4) is 5.75 Å². The Morgan fingerprint density at radius 1 is 1.47 bits per heavy atom. The van der Waals surface area contributed by atoms with Crippen LogP contribution in [0.5, 0.6) is 5.75 Å². The van der Waals surface area contributed by atoms with Gasteiger partial charge >= 0.3 is 0 Å². The summed E-state index contributed by atoms with van der Waals surface area (Å²) in [7, 11) is 0. The molecule has 0 amide bonds. The maximum absolute atomic E-state index is 12.9. The topological polar surface area (TPSA) is 9.23 Å². The molecule has 0 N–H and O–H groups in total. The molecule has 0 heterocycles. The second-order valence-corrected chi connectivity index (χ2v) is 4.00. The number of hydrogen-bond acceptors (Lipinski definition) is 1. The van der Waals surface area contributed by atoms with Crippen LogP contribution in [0.1, 0.15) is 13.3 Å². The summed E-state index contributed by atoms with van der Waals surface area (Å²) in [5.41, 5.74) is 0. The molecule has 15 heavy (non-hydrogen) atoms. The van der Waals surface area contributed by atoms with Crippen molar-refractivity contribution in [3.63, 3.8) is 0 Å². The first-order valence-corrected chi connectivity index (χ1v) is 5.26. The molecule has 0 aliphatic heterocycles. The highest BCUT2D eigenvalue weighted by Crippen LogP contribution is 2.28. The smallest absolute Gasteiger partial charge is 0.162 e. The number of ether oxygens (including phenoxy) is 1. The molecule has 0 fully saturated rings. The predicted molar refractivity (Wildman–Crippen MR) is 59.0 cm³/mol. The molecule has 1 atom stereocenters. The Hall–Kier alpha value is -0.900. The highest BCUT2D eigenvalue weighted by Gasteiger charge is 2.11. The Morgan fingerprint density at radius 3 is 2.67 bits per heavy atom. The highest BCUT2D eigenvalue weighted by atomic mass is 79.9. The van der Waals surface area contributed by atoms with Gasteiger partial charge in [0, 0.05) is 12.5 Å². The van der Waals surface area contributed by atoms with Crippen LogP contribution in [0.2, 0.25) is 0 Å². The first kappa shape index (κ1) is 12.2. The molecular formula is C11H11BrF2O. The molecule has 0 radical (unpaired) electrons. The zero-order chi connectivity index (χ0) is 11.4. The lowest BCUT2D eigenvalue weighted by molar-refractivity contribution is 0.222. The van der Waals surface area contributed by atoms with E-state index in [9.17, 15) is 8.78 Å². The van der Waals surface area contributed by atoms with Crippen molar-refractivity contribution in [2.24, 2.45) is 0 Å². The molecule has 0 aromatic heterocycles. The summed E-state index contributed by atoms with van der Waals surface area (Å²) in [4.78, 5) is 0. The SMILES string of the molecule is C=CC[C@H](C)Oc1cc(F)c(F)cc1Br. The van der Waals surface area contributed by atoms with Gasteiger partial charge in [0.2, 0.25) is 0 Å². The van der Waals surface area contributed by atoms with Crippen LogP contribution in [-0.4, -0.2) is 6.10 Å². The standard InChI is InChI=1S/C11H11BrF2O/c1-3-4-7(2)15-11-6-10(14)9(13)5-8(11)12/h3,5-7H,1,4H2,2H3/t7-/m0/s1. The second-order valence-electron chi connectivity index (χ2n) is 3.15. The van der Waals surface area contributed by atoms with E-state index in [1.165, 1.54) is 0 Å². The van der Waals surface area contributed by atoms with E-state index in [0.29, 0.717) is 16.6 Å². The number of benzene rings is 1. The Morgan fingerprint density at radius 2 is 2.07 bits per heavy atom. The minimum atomic E-state index is -0.918. The largest absolute Gasteiger partial charge is 0.489 e. The van der Waals surface area contributed by atoms with Crippen LogP contribution < -0.4 is 4.74 Å². The van der Waals surface area contributed by atoms with Gasteiger partial charge < -0.3 is 4.74 Å². The van der Waals surface area contributed by atoms with E-state index in [-0.39, 0.29) is 6.10 Å². The minimum Gasteiger partial charge on any atom is -0.489 e. The van der Waals surface area contributed by atoms with Crippen molar-refractivity contribution in [2.45, 2.75) is 19.4 Å². The summed E-state index contributed by atoms with van der Waals surface area (Å²) >= 11 is 3.10.